The first-order chi connectivity index (χ1) is 10.1. The van der Waals surface area contributed by atoms with Gasteiger partial charge in [-0.15, -0.1) is 0 Å². The topological polar surface area (TPSA) is 54.0 Å². The van der Waals surface area contributed by atoms with Crippen LogP contribution in [-0.4, -0.2) is 35.0 Å². The number of hydrogen-bond donors (Lipinski definition) is 2. The number of hydrogen-bond acceptors (Lipinski definition) is 4. The van der Waals surface area contributed by atoms with Crippen LogP contribution in [0.2, 0.25) is 5.15 Å². The second-order valence-corrected chi connectivity index (χ2v) is 6.86. The Labute approximate surface area is 135 Å². The second kappa shape index (κ2) is 7.90. The Morgan fingerprint density at radius 2 is 2.29 bits per heavy atom. The molecule has 2 atom stereocenters. The van der Waals surface area contributed by atoms with E-state index in [1.54, 1.807) is 12.1 Å². The summed E-state index contributed by atoms with van der Waals surface area (Å²) in [5.74, 6) is 0.591. The molecule has 2 rings (SSSR count). The van der Waals surface area contributed by atoms with Crippen LogP contribution in [0.15, 0.2) is 12.1 Å². The monoisotopic (exact) mass is 327 g/mol. The normalized spacial score (nSPS) is 21.3. The van der Waals surface area contributed by atoms with Crippen molar-refractivity contribution in [1.29, 1.82) is 0 Å². The van der Waals surface area contributed by atoms with E-state index in [0.29, 0.717) is 21.8 Å². The van der Waals surface area contributed by atoms with Gasteiger partial charge in [0.2, 0.25) is 0 Å². The molecular weight excluding hydrogens is 306 g/mol. The minimum Gasteiger partial charge on any atom is -0.370 e. The van der Waals surface area contributed by atoms with Gasteiger partial charge in [0.05, 0.1) is 0 Å². The SMILES string of the molecule is CCCNc1cc(C(=O)NC2CCC(SC)C2)cc(Cl)n1. The van der Waals surface area contributed by atoms with Crippen molar-refractivity contribution in [3.05, 3.63) is 22.8 Å². The van der Waals surface area contributed by atoms with E-state index >= 15 is 0 Å². The molecule has 116 valence electrons. The molecule has 2 unspecified atom stereocenters. The first kappa shape index (κ1) is 16.4. The maximum absolute atomic E-state index is 12.3. The van der Waals surface area contributed by atoms with Gasteiger partial charge in [0.15, 0.2) is 0 Å². The third kappa shape index (κ3) is 4.78. The van der Waals surface area contributed by atoms with Crippen LogP contribution in [0.3, 0.4) is 0 Å². The van der Waals surface area contributed by atoms with Crippen LogP contribution in [0.25, 0.3) is 0 Å². The number of pyridine rings is 1. The van der Waals surface area contributed by atoms with Crippen LogP contribution in [-0.2, 0) is 0 Å². The zero-order valence-corrected chi connectivity index (χ0v) is 14.1. The molecule has 1 aliphatic carbocycles. The molecule has 0 aromatic carbocycles. The number of carbonyl (C=O) groups is 1. The fourth-order valence-corrected chi connectivity index (χ4v) is 3.53. The zero-order chi connectivity index (χ0) is 15.2. The van der Waals surface area contributed by atoms with Crippen molar-refractivity contribution >= 4 is 35.1 Å². The highest BCUT2D eigenvalue weighted by molar-refractivity contribution is 7.99. The number of aromatic nitrogens is 1. The molecule has 1 aliphatic rings. The average molecular weight is 328 g/mol. The molecule has 6 heteroatoms. The van der Waals surface area contributed by atoms with Crippen LogP contribution in [0, 0.1) is 0 Å². The third-order valence-corrected chi connectivity index (χ3v) is 4.95. The molecule has 1 saturated carbocycles. The van der Waals surface area contributed by atoms with Gasteiger partial charge in [-0.25, -0.2) is 4.98 Å². The van der Waals surface area contributed by atoms with E-state index in [1.807, 2.05) is 11.8 Å². The molecule has 4 nitrogen and oxygen atoms in total. The number of thioether (sulfide) groups is 1. The van der Waals surface area contributed by atoms with Crippen molar-refractivity contribution in [2.75, 3.05) is 18.1 Å². The Morgan fingerprint density at radius 1 is 1.48 bits per heavy atom. The molecule has 1 aromatic rings. The van der Waals surface area contributed by atoms with E-state index in [4.69, 9.17) is 11.6 Å². The highest BCUT2D eigenvalue weighted by Gasteiger charge is 2.25. The lowest BCUT2D eigenvalue weighted by Crippen LogP contribution is -2.33. The Balaban J connectivity index is 2.00. The van der Waals surface area contributed by atoms with E-state index in [-0.39, 0.29) is 11.9 Å². The molecule has 0 bridgehead atoms. The maximum atomic E-state index is 12.3. The van der Waals surface area contributed by atoms with Gasteiger partial charge < -0.3 is 10.6 Å². The first-order valence-corrected chi connectivity index (χ1v) is 9.04. The van der Waals surface area contributed by atoms with E-state index in [1.165, 1.54) is 6.42 Å². The summed E-state index contributed by atoms with van der Waals surface area (Å²) in [4.78, 5) is 16.5. The molecule has 21 heavy (non-hydrogen) atoms. The van der Waals surface area contributed by atoms with Crippen LogP contribution < -0.4 is 10.6 Å². The van der Waals surface area contributed by atoms with Gasteiger partial charge in [-0.05, 0) is 44.1 Å². The summed E-state index contributed by atoms with van der Waals surface area (Å²) in [7, 11) is 0. The molecular formula is C15H22ClN3OS. The number of carbonyl (C=O) groups excluding carboxylic acids is 1. The van der Waals surface area contributed by atoms with E-state index < -0.39 is 0 Å². The van der Waals surface area contributed by atoms with Gasteiger partial charge in [0.25, 0.3) is 5.91 Å². The second-order valence-electron chi connectivity index (χ2n) is 5.33. The average Bonchev–Trinajstić information content (AvgIpc) is 2.92. The summed E-state index contributed by atoms with van der Waals surface area (Å²) in [5, 5.41) is 7.27. The number of halogens is 1. The van der Waals surface area contributed by atoms with Crippen molar-refractivity contribution in [2.45, 2.75) is 43.9 Å². The Hall–Kier alpha value is -0.940. The van der Waals surface area contributed by atoms with Crippen LogP contribution in [0.5, 0.6) is 0 Å². The summed E-state index contributed by atoms with van der Waals surface area (Å²) in [6, 6.07) is 3.65. The summed E-state index contributed by atoms with van der Waals surface area (Å²) in [5.41, 5.74) is 0.571. The third-order valence-electron chi connectivity index (χ3n) is 3.67. The molecule has 2 N–H and O–H groups in total. The zero-order valence-electron chi connectivity index (χ0n) is 12.5. The number of nitrogens with zero attached hydrogens (tertiary/aromatic N) is 1. The Bertz CT molecular complexity index is 498. The molecule has 1 fully saturated rings. The molecule has 1 heterocycles. The van der Waals surface area contributed by atoms with Crippen LogP contribution >= 0.6 is 23.4 Å². The largest absolute Gasteiger partial charge is 0.370 e. The smallest absolute Gasteiger partial charge is 0.251 e. The lowest BCUT2D eigenvalue weighted by atomic mass is 10.2. The predicted molar refractivity (Wildman–Crippen MR) is 90.4 cm³/mol. The van der Waals surface area contributed by atoms with E-state index in [2.05, 4.69) is 28.8 Å². The van der Waals surface area contributed by atoms with Gasteiger partial charge in [-0.1, -0.05) is 18.5 Å². The Morgan fingerprint density at radius 3 is 2.95 bits per heavy atom. The highest BCUT2D eigenvalue weighted by Crippen LogP contribution is 2.28. The maximum Gasteiger partial charge on any atom is 0.251 e. The minimum atomic E-state index is -0.0643. The van der Waals surface area contributed by atoms with Crippen molar-refractivity contribution < 1.29 is 4.79 Å². The molecule has 0 spiro atoms. The summed E-state index contributed by atoms with van der Waals surface area (Å²) in [6.45, 7) is 2.89. The van der Waals surface area contributed by atoms with Crippen LogP contribution in [0.4, 0.5) is 5.82 Å². The molecule has 1 aromatic heterocycles. The fraction of sp³-hybridized carbons (Fsp3) is 0.600. The molecule has 1 amide bonds. The number of amides is 1. The lowest BCUT2D eigenvalue weighted by molar-refractivity contribution is 0.0938. The van der Waals surface area contributed by atoms with Crippen molar-refractivity contribution in [3.63, 3.8) is 0 Å². The highest BCUT2D eigenvalue weighted by atomic mass is 35.5. The fourth-order valence-electron chi connectivity index (χ4n) is 2.53. The predicted octanol–water partition coefficient (Wildman–Crippen LogP) is 3.57. The number of nitrogens with one attached hydrogen (secondary N) is 2. The van der Waals surface area contributed by atoms with E-state index in [9.17, 15) is 4.79 Å². The van der Waals surface area contributed by atoms with E-state index in [0.717, 1.165) is 25.8 Å². The Kier molecular flexibility index (Phi) is 6.18. The van der Waals surface area contributed by atoms with Crippen molar-refractivity contribution in [3.8, 4) is 0 Å². The molecule has 0 aliphatic heterocycles. The van der Waals surface area contributed by atoms with Crippen molar-refractivity contribution in [1.82, 2.24) is 10.3 Å². The lowest BCUT2D eigenvalue weighted by Gasteiger charge is -2.14. The summed E-state index contributed by atoms with van der Waals surface area (Å²) >= 11 is 7.88. The summed E-state index contributed by atoms with van der Waals surface area (Å²) in [6.07, 6.45) is 6.40. The number of anilines is 1. The molecule has 0 radical (unpaired) electrons. The first-order valence-electron chi connectivity index (χ1n) is 7.37. The standard InChI is InChI=1S/C15H22ClN3OS/c1-3-6-17-14-8-10(7-13(16)19-14)15(20)18-11-4-5-12(9-11)21-2/h7-8,11-12H,3-6,9H2,1-2H3,(H,17,19)(H,18,20). The van der Waals surface area contributed by atoms with Gasteiger partial charge in [-0.3, -0.25) is 4.79 Å². The van der Waals surface area contributed by atoms with Crippen LogP contribution in [0.1, 0.15) is 43.0 Å². The van der Waals surface area contributed by atoms with Gasteiger partial charge in [0, 0.05) is 23.4 Å². The van der Waals surface area contributed by atoms with Gasteiger partial charge in [0.1, 0.15) is 11.0 Å². The summed E-state index contributed by atoms with van der Waals surface area (Å²) < 4.78 is 0. The number of rotatable bonds is 6. The van der Waals surface area contributed by atoms with Gasteiger partial charge >= 0.3 is 0 Å². The minimum absolute atomic E-state index is 0.0643. The molecule has 0 saturated heterocycles. The van der Waals surface area contributed by atoms with Gasteiger partial charge in [-0.2, -0.15) is 11.8 Å². The quantitative estimate of drug-likeness (QED) is 0.784. The van der Waals surface area contributed by atoms with Crippen molar-refractivity contribution in [2.24, 2.45) is 0 Å².